The molecule has 2 N–H and O–H groups in total. The van der Waals surface area contributed by atoms with E-state index in [0.717, 1.165) is 25.4 Å². The lowest BCUT2D eigenvalue weighted by molar-refractivity contribution is -0.0864. The lowest BCUT2D eigenvalue weighted by Crippen LogP contribution is -2.37. The van der Waals surface area contributed by atoms with Crippen molar-refractivity contribution in [1.29, 1.82) is 0 Å². The molecule has 2 heterocycles. The summed E-state index contributed by atoms with van der Waals surface area (Å²) in [6.07, 6.45) is 3.68. The van der Waals surface area contributed by atoms with Gasteiger partial charge in [0.15, 0.2) is 0 Å². The molecule has 78 valence electrons. The van der Waals surface area contributed by atoms with Crippen molar-refractivity contribution in [3.05, 3.63) is 18.2 Å². The van der Waals surface area contributed by atoms with Crippen LogP contribution in [0.15, 0.2) is 12.5 Å². The van der Waals surface area contributed by atoms with E-state index in [-0.39, 0.29) is 6.10 Å². The molecular formula is C9H15N3O2. The summed E-state index contributed by atoms with van der Waals surface area (Å²) in [6.45, 7) is 3.72. The predicted molar refractivity (Wildman–Crippen MR) is 50.9 cm³/mol. The average Bonchev–Trinajstić information content (AvgIpc) is 2.72. The van der Waals surface area contributed by atoms with Crippen LogP contribution in [0.25, 0.3) is 0 Å². The highest BCUT2D eigenvalue weighted by Gasteiger charge is 2.13. The predicted octanol–water partition coefficient (Wildman–Crippen LogP) is -0.0853. The number of rotatable bonds is 4. The third kappa shape index (κ3) is 2.80. The van der Waals surface area contributed by atoms with Crippen molar-refractivity contribution in [1.82, 2.24) is 15.3 Å². The number of hydrogen-bond acceptors (Lipinski definition) is 4. The van der Waals surface area contributed by atoms with Gasteiger partial charge in [0, 0.05) is 25.0 Å². The van der Waals surface area contributed by atoms with Crippen molar-refractivity contribution in [3.63, 3.8) is 0 Å². The zero-order chi connectivity index (χ0) is 9.64. The van der Waals surface area contributed by atoms with Crippen molar-refractivity contribution in [3.8, 4) is 0 Å². The van der Waals surface area contributed by atoms with E-state index < -0.39 is 0 Å². The van der Waals surface area contributed by atoms with Gasteiger partial charge < -0.3 is 19.8 Å². The zero-order valence-corrected chi connectivity index (χ0v) is 8.03. The van der Waals surface area contributed by atoms with E-state index in [1.807, 2.05) is 6.20 Å². The third-order valence-corrected chi connectivity index (χ3v) is 2.13. The second kappa shape index (κ2) is 5.09. The monoisotopic (exact) mass is 197 g/mol. The number of nitrogens with one attached hydrogen (secondary N) is 2. The summed E-state index contributed by atoms with van der Waals surface area (Å²) in [7, 11) is 0. The van der Waals surface area contributed by atoms with Crippen molar-refractivity contribution < 1.29 is 9.47 Å². The lowest BCUT2D eigenvalue weighted by atomic mass is 10.3. The maximum Gasteiger partial charge on any atom is 0.0933 e. The molecule has 5 heteroatoms. The van der Waals surface area contributed by atoms with Gasteiger partial charge in [-0.25, -0.2) is 4.98 Å². The molecule has 1 aliphatic heterocycles. The molecule has 0 aromatic carbocycles. The molecule has 0 saturated carbocycles. The first-order valence-electron chi connectivity index (χ1n) is 4.82. The number of H-pyrrole nitrogens is 1. The minimum absolute atomic E-state index is 0.187. The van der Waals surface area contributed by atoms with E-state index in [4.69, 9.17) is 9.47 Å². The van der Waals surface area contributed by atoms with Gasteiger partial charge in [-0.1, -0.05) is 0 Å². The van der Waals surface area contributed by atoms with Crippen molar-refractivity contribution in [2.24, 2.45) is 0 Å². The molecule has 0 bridgehead atoms. The normalized spacial score (nSPS) is 22.4. The van der Waals surface area contributed by atoms with Gasteiger partial charge >= 0.3 is 0 Å². The van der Waals surface area contributed by atoms with E-state index in [1.165, 1.54) is 0 Å². The Balaban J connectivity index is 1.62. The third-order valence-electron chi connectivity index (χ3n) is 2.13. The Kier molecular flexibility index (Phi) is 3.50. The SMILES string of the molecule is c1ncc(CNCC2COCCO2)[nH]1. The minimum Gasteiger partial charge on any atom is -0.376 e. The zero-order valence-electron chi connectivity index (χ0n) is 8.03. The maximum absolute atomic E-state index is 5.48. The summed E-state index contributed by atoms with van der Waals surface area (Å²) in [6, 6.07) is 0. The average molecular weight is 197 g/mol. The lowest BCUT2D eigenvalue weighted by Gasteiger charge is -2.22. The van der Waals surface area contributed by atoms with Crippen LogP contribution in [0.2, 0.25) is 0 Å². The van der Waals surface area contributed by atoms with Crippen molar-refractivity contribution in [2.75, 3.05) is 26.4 Å². The molecule has 1 aromatic rings. The van der Waals surface area contributed by atoms with Crippen LogP contribution in [-0.2, 0) is 16.0 Å². The largest absolute Gasteiger partial charge is 0.376 e. The summed E-state index contributed by atoms with van der Waals surface area (Å²) in [5.74, 6) is 0. The fourth-order valence-electron chi connectivity index (χ4n) is 1.40. The molecule has 1 aliphatic rings. The molecule has 1 aromatic heterocycles. The van der Waals surface area contributed by atoms with E-state index in [9.17, 15) is 0 Å². The van der Waals surface area contributed by atoms with Crippen LogP contribution < -0.4 is 5.32 Å². The Hall–Kier alpha value is -0.910. The molecule has 0 aliphatic carbocycles. The highest BCUT2D eigenvalue weighted by Crippen LogP contribution is 1.99. The maximum atomic E-state index is 5.48. The Morgan fingerprint density at radius 2 is 2.57 bits per heavy atom. The molecule has 0 spiro atoms. The number of nitrogens with zero attached hydrogens (tertiary/aromatic N) is 1. The Bertz CT molecular complexity index is 245. The van der Waals surface area contributed by atoms with Gasteiger partial charge in [0.2, 0.25) is 0 Å². The Morgan fingerprint density at radius 1 is 1.57 bits per heavy atom. The minimum atomic E-state index is 0.187. The molecule has 2 rings (SSSR count). The molecule has 1 saturated heterocycles. The van der Waals surface area contributed by atoms with E-state index in [1.54, 1.807) is 6.33 Å². The summed E-state index contributed by atoms with van der Waals surface area (Å²) in [5, 5.41) is 3.28. The van der Waals surface area contributed by atoms with Crippen LogP contribution in [0.3, 0.4) is 0 Å². The standard InChI is InChI=1S/C9H15N3O2/c1-2-14-9(6-13-1)5-10-3-8-4-11-7-12-8/h4,7,9-10H,1-3,5-6H2,(H,11,12). The summed E-state index contributed by atoms with van der Waals surface area (Å²) in [5.41, 5.74) is 1.08. The number of aromatic amines is 1. The van der Waals surface area contributed by atoms with Gasteiger partial charge in [-0.3, -0.25) is 0 Å². The molecule has 1 atom stereocenters. The smallest absolute Gasteiger partial charge is 0.0933 e. The molecule has 0 radical (unpaired) electrons. The summed E-state index contributed by atoms with van der Waals surface area (Å²) in [4.78, 5) is 6.97. The summed E-state index contributed by atoms with van der Waals surface area (Å²) < 4.78 is 10.8. The van der Waals surface area contributed by atoms with Gasteiger partial charge in [-0.15, -0.1) is 0 Å². The molecule has 1 unspecified atom stereocenters. The van der Waals surface area contributed by atoms with Gasteiger partial charge in [0.1, 0.15) is 0 Å². The molecule has 0 amide bonds. The van der Waals surface area contributed by atoms with Gasteiger partial charge in [-0.05, 0) is 0 Å². The van der Waals surface area contributed by atoms with Gasteiger partial charge in [-0.2, -0.15) is 0 Å². The molecular weight excluding hydrogens is 182 g/mol. The molecule has 1 fully saturated rings. The number of aromatic nitrogens is 2. The van der Waals surface area contributed by atoms with Gasteiger partial charge in [0.25, 0.3) is 0 Å². The Morgan fingerprint density at radius 3 is 3.29 bits per heavy atom. The van der Waals surface area contributed by atoms with Gasteiger partial charge in [0.05, 0.1) is 32.3 Å². The van der Waals surface area contributed by atoms with Crippen LogP contribution in [0.4, 0.5) is 0 Å². The quantitative estimate of drug-likeness (QED) is 0.708. The fourth-order valence-corrected chi connectivity index (χ4v) is 1.40. The van der Waals surface area contributed by atoms with Crippen LogP contribution >= 0.6 is 0 Å². The van der Waals surface area contributed by atoms with Crippen molar-refractivity contribution >= 4 is 0 Å². The van der Waals surface area contributed by atoms with Crippen LogP contribution in [0.5, 0.6) is 0 Å². The van der Waals surface area contributed by atoms with Crippen LogP contribution in [0, 0.1) is 0 Å². The van der Waals surface area contributed by atoms with Crippen LogP contribution in [0.1, 0.15) is 5.69 Å². The summed E-state index contributed by atoms with van der Waals surface area (Å²) >= 11 is 0. The number of hydrogen-bond donors (Lipinski definition) is 2. The van der Waals surface area contributed by atoms with E-state index >= 15 is 0 Å². The Labute approximate surface area is 82.8 Å². The first-order chi connectivity index (χ1) is 6.95. The molecule has 14 heavy (non-hydrogen) atoms. The number of imidazole rings is 1. The van der Waals surface area contributed by atoms with E-state index in [0.29, 0.717) is 13.2 Å². The highest BCUT2D eigenvalue weighted by atomic mass is 16.6. The second-order valence-electron chi connectivity index (χ2n) is 3.28. The fraction of sp³-hybridized carbons (Fsp3) is 0.667. The first kappa shape index (κ1) is 9.64. The molecule has 5 nitrogen and oxygen atoms in total. The number of ether oxygens (including phenoxy) is 2. The topological polar surface area (TPSA) is 59.2 Å². The van der Waals surface area contributed by atoms with Crippen LogP contribution in [-0.4, -0.2) is 42.4 Å². The second-order valence-corrected chi connectivity index (χ2v) is 3.28. The van der Waals surface area contributed by atoms with E-state index in [2.05, 4.69) is 15.3 Å². The first-order valence-corrected chi connectivity index (χ1v) is 4.82. The van der Waals surface area contributed by atoms with Crippen molar-refractivity contribution in [2.45, 2.75) is 12.6 Å². The highest BCUT2D eigenvalue weighted by molar-refractivity contribution is 4.93.